The quantitative estimate of drug-likeness (QED) is 0.525. The summed E-state index contributed by atoms with van der Waals surface area (Å²) in [6.07, 6.45) is 5.50. The first-order chi connectivity index (χ1) is 14.7. The molecule has 0 unspecified atom stereocenters. The van der Waals surface area contributed by atoms with E-state index in [1.54, 1.807) is 18.2 Å². The average Bonchev–Trinajstić information content (AvgIpc) is 3.23. The molecule has 1 aromatic carbocycles. The molecule has 3 aromatic rings. The summed E-state index contributed by atoms with van der Waals surface area (Å²) >= 11 is 0. The molecule has 0 amide bonds. The van der Waals surface area contributed by atoms with Crippen LogP contribution in [0.5, 0.6) is 11.5 Å². The van der Waals surface area contributed by atoms with Gasteiger partial charge in [-0.2, -0.15) is 13.4 Å². The van der Waals surface area contributed by atoms with Crippen LogP contribution in [0.25, 0.3) is 22.8 Å². The number of hydrogen-bond donors (Lipinski definition) is 0. The van der Waals surface area contributed by atoms with Crippen molar-refractivity contribution in [2.45, 2.75) is 38.7 Å². The monoisotopic (exact) mass is 443 g/mol. The lowest BCUT2D eigenvalue weighted by molar-refractivity contribution is 0.0350. The Labute approximate surface area is 179 Å². The fourth-order valence-electron chi connectivity index (χ4n) is 3.49. The summed E-state index contributed by atoms with van der Waals surface area (Å²) < 4.78 is 39.0. The first kappa shape index (κ1) is 21.0. The highest BCUT2D eigenvalue weighted by atomic mass is 32.2. The van der Waals surface area contributed by atoms with E-state index in [0.717, 1.165) is 19.1 Å². The number of ketones is 1. The van der Waals surface area contributed by atoms with Gasteiger partial charge in [0, 0.05) is 17.3 Å². The Balaban J connectivity index is 1.63. The van der Waals surface area contributed by atoms with Crippen molar-refractivity contribution in [3.05, 3.63) is 42.2 Å². The van der Waals surface area contributed by atoms with Gasteiger partial charge in [0.25, 0.3) is 5.89 Å². The van der Waals surface area contributed by atoms with Gasteiger partial charge in [-0.25, -0.2) is 0 Å². The molecule has 9 nitrogen and oxygen atoms in total. The van der Waals surface area contributed by atoms with Gasteiger partial charge < -0.3 is 13.4 Å². The predicted molar refractivity (Wildman–Crippen MR) is 111 cm³/mol. The second kappa shape index (κ2) is 7.77. The number of nitrogens with zero attached hydrogens (tertiary/aromatic N) is 3. The Hall–Kier alpha value is -3.27. The molecule has 162 valence electrons. The van der Waals surface area contributed by atoms with E-state index in [4.69, 9.17) is 13.4 Å². The Bertz CT molecular complexity index is 1250. The van der Waals surface area contributed by atoms with E-state index in [-0.39, 0.29) is 23.2 Å². The number of carbonyl (C=O) groups excluding carboxylic acids is 1. The fourth-order valence-corrected chi connectivity index (χ4v) is 3.93. The summed E-state index contributed by atoms with van der Waals surface area (Å²) in [5.41, 5.74) is 1.02. The molecule has 1 aliphatic heterocycles. The molecule has 2 aromatic heterocycles. The van der Waals surface area contributed by atoms with Crippen molar-refractivity contribution >= 4 is 15.9 Å². The summed E-state index contributed by atoms with van der Waals surface area (Å²) in [7, 11) is -3.69. The van der Waals surface area contributed by atoms with Crippen molar-refractivity contribution < 1.29 is 26.7 Å². The number of Topliss-reactive ketones (excluding diaryl/α,β-unsaturated/α-hetero) is 1. The average molecular weight is 443 g/mol. The molecule has 3 heterocycles. The van der Waals surface area contributed by atoms with Gasteiger partial charge >= 0.3 is 10.1 Å². The van der Waals surface area contributed by atoms with Crippen LogP contribution in [0, 0.1) is 0 Å². The summed E-state index contributed by atoms with van der Waals surface area (Å²) in [6.45, 7) is 4.03. The third kappa shape index (κ3) is 4.29. The topological polar surface area (TPSA) is 121 Å². The van der Waals surface area contributed by atoms with Crippen LogP contribution in [0.4, 0.5) is 0 Å². The van der Waals surface area contributed by atoms with E-state index >= 15 is 0 Å². The standard InChI is InChI=1S/C21H21N3O6S/c1-4-21(5-2)10-17(25)16-9-13(6-7-18(16)28-21)20-23-19(24-29-20)14-8-15(12-22-11-14)30-31(3,26)27/h6-9,11-12H,4-5,10H2,1-3H3. The lowest BCUT2D eigenvalue weighted by atomic mass is 9.85. The van der Waals surface area contributed by atoms with Gasteiger partial charge in [0.15, 0.2) is 11.5 Å². The zero-order valence-electron chi connectivity index (χ0n) is 17.3. The van der Waals surface area contributed by atoms with Crippen LogP contribution in [-0.4, -0.2) is 41.2 Å². The number of carbonyl (C=O) groups is 1. The third-order valence-corrected chi connectivity index (χ3v) is 5.76. The smallest absolute Gasteiger partial charge is 0.306 e. The van der Waals surface area contributed by atoms with E-state index in [9.17, 15) is 13.2 Å². The molecular formula is C21H21N3O6S. The normalized spacial score (nSPS) is 15.3. The Morgan fingerprint density at radius 1 is 1.13 bits per heavy atom. The highest BCUT2D eigenvalue weighted by Gasteiger charge is 2.37. The molecule has 1 aliphatic rings. The van der Waals surface area contributed by atoms with Crippen LogP contribution in [0.2, 0.25) is 0 Å². The largest absolute Gasteiger partial charge is 0.486 e. The molecule has 4 rings (SSSR count). The minimum atomic E-state index is -3.69. The van der Waals surface area contributed by atoms with Crippen molar-refractivity contribution in [1.29, 1.82) is 0 Å². The molecule has 0 atom stereocenters. The van der Waals surface area contributed by atoms with Crippen LogP contribution in [0.3, 0.4) is 0 Å². The molecule has 0 bridgehead atoms. The van der Waals surface area contributed by atoms with Crippen molar-refractivity contribution in [3.63, 3.8) is 0 Å². The highest BCUT2D eigenvalue weighted by Crippen LogP contribution is 2.39. The predicted octanol–water partition coefficient (Wildman–Crippen LogP) is 3.66. The van der Waals surface area contributed by atoms with Crippen LogP contribution in [-0.2, 0) is 10.1 Å². The summed E-state index contributed by atoms with van der Waals surface area (Å²) in [6, 6.07) is 6.63. The molecule has 0 fully saturated rings. The van der Waals surface area contributed by atoms with E-state index in [2.05, 4.69) is 15.1 Å². The molecule has 0 radical (unpaired) electrons. The Morgan fingerprint density at radius 2 is 1.90 bits per heavy atom. The minimum Gasteiger partial charge on any atom is -0.486 e. The van der Waals surface area contributed by atoms with Crippen LogP contribution < -0.4 is 8.92 Å². The molecule has 31 heavy (non-hydrogen) atoms. The van der Waals surface area contributed by atoms with Crippen LogP contribution >= 0.6 is 0 Å². The molecule has 0 spiro atoms. The van der Waals surface area contributed by atoms with E-state index in [1.165, 1.54) is 18.5 Å². The third-order valence-electron chi connectivity index (χ3n) is 5.27. The number of benzene rings is 1. The van der Waals surface area contributed by atoms with Gasteiger partial charge in [-0.3, -0.25) is 9.78 Å². The Kier molecular flexibility index (Phi) is 5.26. The number of pyridine rings is 1. The maximum absolute atomic E-state index is 12.8. The van der Waals surface area contributed by atoms with Gasteiger partial charge in [-0.15, -0.1) is 0 Å². The Morgan fingerprint density at radius 3 is 2.61 bits per heavy atom. The molecular weight excluding hydrogens is 422 g/mol. The first-order valence-corrected chi connectivity index (χ1v) is 11.6. The van der Waals surface area contributed by atoms with Crippen LogP contribution in [0.15, 0.2) is 41.2 Å². The van der Waals surface area contributed by atoms with Crippen molar-refractivity contribution in [3.8, 4) is 34.3 Å². The maximum Gasteiger partial charge on any atom is 0.306 e. The zero-order valence-corrected chi connectivity index (χ0v) is 18.1. The fraction of sp³-hybridized carbons (Fsp3) is 0.333. The summed E-state index contributed by atoms with van der Waals surface area (Å²) in [4.78, 5) is 21.1. The molecule has 0 saturated heterocycles. The van der Waals surface area contributed by atoms with Crippen molar-refractivity contribution in [2.75, 3.05) is 6.26 Å². The minimum absolute atomic E-state index is 0.0152. The number of rotatable bonds is 6. The second-order valence-electron chi connectivity index (χ2n) is 7.42. The number of ether oxygens (including phenoxy) is 1. The van der Waals surface area contributed by atoms with Crippen LogP contribution in [0.1, 0.15) is 43.5 Å². The first-order valence-electron chi connectivity index (χ1n) is 9.77. The van der Waals surface area contributed by atoms with Crippen molar-refractivity contribution in [1.82, 2.24) is 15.1 Å². The number of hydrogen-bond acceptors (Lipinski definition) is 9. The highest BCUT2D eigenvalue weighted by molar-refractivity contribution is 7.86. The molecule has 0 aliphatic carbocycles. The molecule has 0 N–H and O–H groups in total. The second-order valence-corrected chi connectivity index (χ2v) is 9.00. The lowest BCUT2D eigenvalue weighted by Gasteiger charge is -2.36. The molecule has 10 heteroatoms. The zero-order chi connectivity index (χ0) is 22.2. The summed E-state index contributed by atoms with van der Waals surface area (Å²) in [5, 5.41) is 3.93. The number of aromatic nitrogens is 3. The van der Waals surface area contributed by atoms with Gasteiger partial charge in [0.05, 0.1) is 24.4 Å². The molecule has 0 saturated carbocycles. The lowest BCUT2D eigenvalue weighted by Crippen LogP contribution is -2.40. The van der Waals surface area contributed by atoms with Gasteiger partial charge in [0.2, 0.25) is 5.82 Å². The SMILES string of the molecule is CCC1(CC)CC(=O)c2cc(-c3nc(-c4cncc(OS(C)(=O)=O)c4)no3)ccc2O1. The van der Waals surface area contributed by atoms with Gasteiger partial charge in [-0.05, 0) is 37.1 Å². The number of fused-ring (bicyclic) bond motifs is 1. The summed E-state index contributed by atoms with van der Waals surface area (Å²) in [5.74, 6) is 1.03. The van der Waals surface area contributed by atoms with Gasteiger partial charge in [-0.1, -0.05) is 19.0 Å². The van der Waals surface area contributed by atoms with E-state index < -0.39 is 15.7 Å². The van der Waals surface area contributed by atoms with E-state index in [1.807, 2.05) is 13.8 Å². The van der Waals surface area contributed by atoms with Crippen molar-refractivity contribution in [2.24, 2.45) is 0 Å². The van der Waals surface area contributed by atoms with Gasteiger partial charge in [0.1, 0.15) is 11.4 Å². The maximum atomic E-state index is 12.8. The van der Waals surface area contributed by atoms with E-state index in [0.29, 0.717) is 28.9 Å².